The van der Waals surface area contributed by atoms with E-state index in [1.54, 1.807) is 24.5 Å². The summed E-state index contributed by atoms with van der Waals surface area (Å²) in [5, 5.41) is 0. The predicted molar refractivity (Wildman–Crippen MR) is 71.3 cm³/mol. The van der Waals surface area contributed by atoms with Gasteiger partial charge in [-0.05, 0) is 48.8 Å². The smallest absolute Gasteiger partial charge is 0.419 e. The lowest BCUT2D eigenvalue weighted by atomic mass is 10.2. The van der Waals surface area contributed by atoms with Crippen molar-refractivity contribution in [1.82, 2.24) is 14.5 Å². The van der Waals surface area contributed by atoms with Crippen molar-refractivity contribution in [2.24, 2.45) is 0 Å². The highest BCUT2D eigenvalue weighted by Crippen LogP contribution is 2.20. The molecule has 2 rings (SSSR count). The number of rotatable bonds is 1. The number of nitrogens with one attached hydrogen (secondary N) is 1. The highest BCUT2D eigenvalue weighted by Gasteiger charge is 2.20. The number of H-pyrrole nitrogens is 1. The fourth-order valence-electron chi connectivity index (χ4n) is 1.47. The van der Waals surface area contributed by atoms with E-state index in [-0.39, 0.29) is 0 Å². The number of halogens is 1. The Balaban J connectivity index is 2.31. The Hall–Kier alpha value is -1.56. The van der Waals surface area contributed by atoms with Crippen LogP contribution in [0.15, 0.2) is 29.1 Å². The largest absolute Gasteiger partial charge is 0.443 e. The maximum atomic E-state index is 12.0. The van der Waals surface area contributed by atoms with Gasteiger partial charge in [0.05, 0.1) is 11.9 Å². The summed E-state index contributed by atoms with van der Waals surface area (Å²) in [5.74, 6) is 0.609. The van der Waals surface area contributed by atoms with Crippen LogP contribution in [0, 0.1) is 0 Å². The molecular weight excluding hydrogens is 298 g/mol. The van der Waals surface area contributed by atoms with E-state index < -0.39 is 11.7 Å². The van der Waals surface area contributed by atoms with Gasteiger partial charge in [0.1, 0.15) is 10.2 Å². The zero-order valence-electron chi connectivity index (χ0n) is 10.4. The number of carbonyl (C=O) groups excluding carboxylic acids is 1. The van der Waals surface area contributed by atoms with Gasteiger partial charge >= 0.3 is 6.09 Å². The Kier molecular flexibility index (Phi) is 3.30. The van der Waals surface area contributed by atoms with Crippen LogP contribution < -0.4 is 0 Å². The standard InChI is InChI=1S/C12H14BrN3O2/c1-12(2,3)18-11(17)16-6-4-5-8(16)10-14-7-9(13)15-10/h4-7H,1-3H3,(H,14,15). The Morgan fingerprint density at radius 1 is 1.50 bits per heavy atom. The second-order valence-corrected chi connectivity index (χ2v) is 5.68. The Morgan fingerprint density at radius 2 is 2.22 bits per heavy atom. The number of aromatic amines is 1. The Morgan fingerprint density at radius 3 is 2.78 bits per heavy atom. The molecule has 0 radical (unpaired) electrons. The van der Waals surface area contributed by atoms with Gasteiger partial charge in [-0.2, -0.15) is 0 Å². The van der Waals surface area contributed by atoms with Gasteiger partial charge in [0.15, 0.2) is 5.82 Å². The normalized spacial score (nSPS) is 11.6. The van der Waals surface area contributed by atoms with Crippen molar-refractivity contribution in [2.45, 2.75) is 26.4 Å². The molecule has 0 aliphatic heterocycles. The molecule has 0 saturated heterocycles. The third kappa shape index (κ3) is 2.81. The van der Waals surface area contributed by atoms with Crippen LogP contribution in [0.25, 0.3) is 11.5 Å². The van der Waals surface area contributed by atoms with Gasteiger partial charge in [-0.3, -0.25) is 0 Å². The molecule has 0 amide bonds. The zero-order chi connectivity index (χ0) is 13.3. The van der Waals surface area contributed by atoms with Gasteiger partial charge < -0.3 is 9.72 Å². The minimum atomic E-state index is -0.525. The van der Waals surface area contributed by atoms with Gasteiger partial charge in [-0.25, -0.2) is 14.3 Å². The maximum Gasteiger partial charge on any atom is 0.419 e. The number of nitrogens with zero attached hydrogens (tertiary/aromatic N) is 2. The van der Waals surface area contributed by atoms with Crippen LogP contribution in [0.3, 0.4) is 0 Å². The molecule has 0 aliphatic carbocycles. The summed E-state index contributed by atoms with van der Waals surface area (Å²) < 4.78 is 7.51. The van der Waals surface area contributed by atoms with Crippen molar-refractivity contribution in [1.29, 1.82) is 0 Å². The molecular formula is C12H14BrN3O2. The first-order chi connectivity index (χ1) is 8.37. The predicted octanol–water partition coefficient (Wildman–Crippen LogP) is 3.42. The van der Waals surface area contributed by atoms with Crippen LogP contribution in [0.1, 0.15) is 20.8 Å². The molecule has 0 saturated carbocycles. The molecule has 0 fully saturated rings. The monoisotopic (exact) mass is 311 g/mol. The molecule has 0 spiro atoms. The van der Waals surface area contributed by atoms with Crippen LogP contribution in [0.5, 0.6) is 0 Å². The summed E-state index contributed by atoms with van der Waals surface area (Å²) in [6.45, 7) is 5.49. The van der Waals surface area contributed by atoms with Crippen LogP contribution in [0.2, 0.25) is 0 Å². The van der Waals surface area contributed by atoms with Crippen molar-refractivity contribution in [3.63, 3.8) is 0 Å². The summed E-state index contributed by atoms with van der Waals surface area (Å²) in [5.41, 5.74) is 0.137. The van der Waals surface area contributed by atoms with Gasteiger partial charge in [0.2, 0.25) is 0 Å². The molecule has 5 nitrogen and oxygen atoms in total. The number of aromatic nitrogens is 3. The molecule has 2 aromatic rings. The molecule has 0 bridgehead atoms. The molecule has 18 heavy (non-hydrogen) atoms. The first-order valence-electron chi connectivity index (χ1n) is 5.48. The lowest BCUT2D eigenvalue weighted by Gasteiger charge is -2.20. The number of ether oxygens (including phenoxy) is 1. The number of hydrogen-bond acceptors (Lipinski definition) is 3. The summed E-state index contributed by atoms with van der Waals surface area (Å²) in [6, 6.07) is 3.57. The molecule has 0 aliphatic rings. The molecule has 0 unspecified atom stereocenters. The lowest BCUT2D eigenvalue weighted by Crippen LogP contribution is -2.27. The van der Waals surface area contributed by atoms with Crippen LogP contribution in [-0.4, -0.2) is 26.2 Å². The molecule has 6 heteroatoms. The zero-order valence-corrected chi connectivity index (χ0v) is 12.0. The van der Waals surface area contributed by atoms with Crippen molar-refractivity contribution >= 4 is 22.0 Å². The summed E-state index contributed by atoms with van der Waals surface area (Å²) >= 11 is 3.28. The van der Waals surface area contributed by atoms with E-state index in [2.05, 4.69) is 25.9 Å². The van der Waals surface area contributed by atoms with Gasteiger partial charge in [0.25, 0.3) is 0 Å². The summed E-state index contributed by atoms with van der Waals surface area (Å²) in [4.78, 5) is 19.2. The average molecular weight is 312 g/mol. The van der Waals surface area contributed by atoms with E-state index >= 15 is 0 Å². The first-order valence-corrected chi connectivity index (χ1v) is 6.28. The van der Waals surface area contributed by atoms with Gasteiger partial charge in [-0.1, -0.05) is 0 Å². The van der Waals surface area contributed by atoms with Crippen LogP contribution in [0.4, 0.5) is 4.79 Å². The fraction of sp³-hybridized carbons (Fsp3) is 0.333. The fourth-order valence-corrected chi connectivity index (χ4v) is 1.76. The third-order valence-corrected chi connectivity index (χ3v) is 2.53. The second-order valence-electron chi connectivity index (χ2n) is 4.82. The molecule has 1 N–H and O–H groups in total. The van der Waals surface area contributed by atoms with Gasteiger partial charge in [-0.15, -0.1) is 0 Å². The minimum Gasteiger partial charge on any atom is -0.443 e. The highest BCUT2D eigenvalue weighted by atomic mass is 79.9. The topological polar surface area (TPSA) is 59.9 Å². The van der Waals surface area contributed by atoms with E-state index in [1.807, 2.05) is 20.8 Å². The van der Waals surface area contributed by atoms with E-state index in [4.69, 9.17) is 4.74 Å². The number of hydrogen-bond donors (Lipinski definition) is 1. The molecule has 0 atom stereocenters. The van der Waals surface area contributed by atoms with Crippen LogP contribution >= 0.6 is 15.9 Å². The van der Waals surface area contributed by atoms with Crippen LogP contribution in [-0.2, 0) is 4.74 Å². The first kappa shape index (κ1) is 12.9. The molecule has 0 aromatic carbocycles. The lowest BCUT2D eigenvalue weighted by molar-refractivity contribution is 0.0540. The Labute approximate surface area is 113 Å². The van der Waals surface area contributed by atoms with Gasteiger partial charge in [0, 0.05) is 6.20 Å². The van der Waals surface area contributed by atoms with E-state index in [0.29, 0.717) is 11.5 Å². The molecule has 96 valence electrons. The third-order valence-electron chi connectivity index (χ3n) is 2.13. The van der Waals surface area contributed by atoms with Crippen molar-refractivity contribution in [3.8, 4) is 11.5 Å². The second kappa shape index (κ2) is 4.61. The summed E-state index contributed by atoms with van der Waals surface area (Å²) in [6.07, 6.45) is 2.87. The molecule has 2 aromatic heterocycles. The maximum absolute atomic E-state index is 12.0. The van der Waals surface area contributed by atoms with E-state index in [9.17, 15) is 4.79 Å². The minimum absolute atomic E-state index is 0.421. The number of carbonyl (C=O) groups is 1. The average Bonchev–Trinajstić information content (AvgIpc) is 2.81. The van der Waals surface area contributed by atoms with Crippen molar-refractivity contribution in [3.05, 3.63) is 29.1 Å². The molecule has 2 heterocycles. The van der Waals surface area contributed by atoms with E-state index in [0.717, 1.165) is 4.60 Å². The Bertz CT molecular complexity index is 566. The highest BCUT2D eigenvalue weighted by molar-refractivity contribution is 9.10. The van der Waals surface area contributed by atoms with Crippen molar-refractivity contribution in [2.75, 3.05) is 0 Å². The SMILES string of the molecule is CC(C)(C)OC(=O)n1cccc1-c1ncc(Br)[nH]1. The van der Waals surface area contributed by atoms with E-state index in [1.165, 1.54) is 4.57 Å². The van der Waals surface area contributed by atoms with Crippen molar-refractivity contribution < 1.29 is 9.53 Å². The number of imidazole rings is 1. The summed E-state index contributed by atoms with van der Waals surface area (Å²) in [7, 11) is 0. The quantitative estimate of drug-likeness (QED) is 0.877.